The molecule has 1 aliphatic carbocycles. The third-order valence-corrected chi connectivity index (χ3v) is 6.90. The summed E-state index contributed by atoms with van der Waals surface area (Å²) in [6.45, 7) is 2.97. The normalized spacial score (nSPS) is 36.5. The first-order valence-electron chi connectivity index (χ1n) is 7.55. The molecule has 0 aromatic heterocycles. The Labute approximate surface area is 117 Å². The number of likely N-dealkylation sites (N-methyl/N-ethyl adjacent to an activating group) is 1. The Bertz CT molecular complexity index is 388. The second-order valence-corrected chi connectivity index (χ2v) is 8.77. The van der Waals surface area contributed by atoms with Crippen LogP contribution in [0.1, 0.15) is 39.0 Å². The van der Waals surface area contributed by atoms with Gasteiger partial charge in [-0.15, -0.1) is 0 Å². The summed E-state index contributed by atoms with van der Waals surface area (Å²) in [5.74, 6) is 2.16. The molecule has 2 fully saturated rings. The molecule has 1 aliphatic heterocycles. The van der Waals surface area contributed by atoms with Crippen molar-refractivity contribution in [3.63, 3.8) is 0 Å². The van der Waals surface area contributed by atoms with Crippen molar-refractivity contribution < 1.29 is 8.42 Å². The van der Waals surface area contributed by atoms with Crippen molar-refractivity contribution in [2.75, 3.05) is 25.1 Å². The van der Waals surface area contributed by atoms with Crippen molar-refractivity contribution in [2.45, 2.75) is 51.1 Å². The average Bonchev–Trinajstić information content (AvgIpc) is 2.73. The van der Waals surface area contributed by atoms with Crippen LogP contribution in [0.2, 0.25) is 0 Å². The van der Waals surface area contributed by atoms with Crippen LogP contribution in [-0.2, 0) is 9.84 Å². The molecule has 112 valence electrons. The summed E-state index contributed by atoms with van der Waals surface area (Å²) in [5, 5.41) is 0. The zero-order valence-electron chi connectivity index (χ0n) is 12.2. The smallest absolute Gasteiger partial charge is 0.151 e. The fourth-order valence-electron chi connectivity index (χ4n) is 3.73. The van der Waals surface area contributed by atoms with Crippen molar-refractivity contribution in [1.82, 2.24) is 4.90 Å². The second kappa shape index (κ2) is 6.10. The largest absolute Gasteiger partial charge is 0.329 e. The van der Waals surface area contributed by atoms with Crippen LogP contribution in [0.4, 0.5) is 0 Å². The summed E-state index contributed by atoms with van der Waals surface area (Å²) < 4.78 is 23.2. The van der Waals surface area contributed by atoms with E-state index in [0.717, 1.165) is 12.3 Å². The molecule has 2 atom stereocenters. The lowest BCUT2D eigenvalue weighted by Gasteiger charge is -2.40. The van der Waals surface area contributed by atoms with Crippen LogP contribution in [0.15, 0.2) is 0 Å². The average molecular weight is 288 g/mol. The molecule has 0 spiro atoms. The Morgan fingerprint density at radius 3 is 2.32 bits per heavy atom. The highest BCUT2D eigenvalue weighted by molar-refractivity contribution is 7.91. The predicted octanol–water partition coefficient (Wildman–Crippen LogP) is 1.26. The standard InChI is InChI=1S/C14H28N2O2S/c1-11-3-5-12(6-4-11)14(9-15)16(2)13-7-8-19(17,18)10-13/h11-14H,3-10,15H2,1-2H3. The van der Waals surface area contributed by atoms with Gasteiger partial charge in [-0.2, -0.15) is 0 Å². The molecule has 1 saturated heterocycles. The molecule has 5 heteroatoms. The van der Waals surface area contributed by atoms with E-state index in [1.165, 1.54) is 25.7 Å². The van der Waals surface area contributed by atoms with E-state index in [4.69, 9.17) is 5.73 Å². The zero-order chi connectivity index (χ0) is 14.0. The Morgan fingerprint density at radius 2 is 1.84 bits per heavy atom. The van der Waals surface area contributed by atoms with Crippen LogP contribution in [-0.4, -0.2) is 50.5 Å². The first-order chi connectivity index (χ1) is 8.93. The van der Waals surface area contributed by atoms with Gasteiger partial charge in [-0.3, -0.25) is 4.90 Å². The van der Waals surface area contributed by atoms with Crippen molar-refractivity contribution in [2.24, 2.45) is 17.6 Å². The SMILES string of the molecule is CC1CCC(C(CN)N(C)C2CCS(=O)(=O)C2)CC1. The van der Waals surface area contributed by atoms with Gasteiger partial charge in [0.15, 0.2) is 9.84 Å². The van der Waals surface area contributed by atoms with Gasteiger partial charge < -0.3 is 5.73 Å². The number of hydrogen-bond donors (Lipinski definition) is 1. The number of sulfone groups is 1. The summed E-state index contributed by atoms with van der Waals surface area (Å²) in [4.78, 5) is 2.27. The van der Waals surface area contributed by atoms with Gasteiger partial charge in [0, 0.05) is 18.6 Å². The van der Waals surface area contributed by atoms with Crippen molar-refractivity contribution in [1.29, 1.82) is 0 Å². The van der Waals surface area contributed by atoms with E-state index >= 15 is 0 Å². The van der Waals surface area contributed by atoms with Gasteiger partial charge in [0.1, 0.15) is 0 Å². The molecule has 0 aromatic rings. The minimum Gasteiger partial charge on any atom is -0.329 e. The van der Waals surface area contributed by atoms with Crippen LogP contribution in [0.25, 0.3) is 0 Å². The quantitative estimate of drug-likeness (QED) is 0.846. The third kappa shape index (κ3) is 3.70. The highest BCUT2D eigenvalue weighted by Gasteiger charge is 2.36. The number of rotatable bonds is 4. The monoisotopic (exact) mass is 288 g/mol. The molecule has 2 aliphatic rings. The highest BCUT2D eigenvalue weighted by atomic mass is 32.2. The van der Waals surface area contributed by atoms with Gasteiger partial charge >= 0.3 is 0 Å². The summed E-state index contributed by atoms with van der Waals surface area (Å²) in [7, 11) is -0.734. The van der Waals surface area contributed by atoms with Crippen LogP contribution in [0, 0.1) is 11.8 Å². The first-order valence-corrected chi connectivity index (χ1v) is 9.37. The van der Waals surface area contributed by atoms with Gasteiger partial charge in [-0.25, -0.2) is 8.42 Å². The zero-order valence-corrected chi connectivity index (χ0v) is 13.0. The van der Waals surface area contributed by atoms with E-state index in [1.54, 1.807) is 0 Å². The number of nitrogens with zero attached hydrogens (tertiary/aromatic N) is 1. The summed E-state index contributed by atoms with van der Waals surface area (Å²) in [6.07, 6.45) is 5.84. The fourth-order valence-corrected chi connectivity index (χ4v) is 5.52. The maximum absolute atomic E-state index is 11.6. The molecular weight excluding hydrogens is 260 g/mol. The van der Waals surface area contributed by atoms with Crippen LogP contribution >= 0.6 is 0 Å². The molecular formula is C14H28N2O2S. The number of hydrogen-bond acceptors (Lipinski definition) is 4. The van der Waals surface area contributed by atoms with E-state index in [-0.39, 0.29) is 6.04 Å². The molecule has 2 unspecified atom stereocenters. The molecule has 1 saturated carbocycles. The molecule has 0 aromatic carbocycles. The van der Waals surface area contributed by atoms with Gasteiger partial charge in [0.2, 0.25) is 0 Å². The van der Waals surface area contributed by atoms with Gasteiger partial charge in [0.05, 0.1) is 11.5 Å². The Balaban J connectivity index is 1.97. The van der Waals surface area contributed by atoms with Crippen LogP contribution in [0.5, 0.6) is 0 Å². The van der Waals surface area contributed by atoms with E-state index in [9.17, 15) is 8.42 Å². The van der Waals surface area contributed by atoms with E-state index < -0.39 is 9.84 Å². The highest BCUT2D eigenvalue weighted by Crippen LogP contribution is 2.33. The fraction of sp³-hybridized carbons (Fsp3) is 1.00. The molecule has 0 radical (unpaired) electrons. The number of nitrogens with two attached hydrogens (primary N) is 1. The molecule has 0 amide bonds. The summed E-state index contributed by atoms with van der Waals surface area (Å²) in [5.41, 5.74) is 5.98. The Kier molecular flexibility index (Phi) is 4.90. The van der Waals surface area contributed by atoms with Crippen molar-refractivity contribution in [3.8, 4) is 0 Å². The molecule has 0 bridgehead atoms. The molecule has 4 nitrogen and oxygen atoms in total. The van der Waals surface area contributed by atoms with Gasteiger partial charge in [0.25, 0.3) is 0 Å². The summed E-state index contributed by atoms with van der Waals surface area (Å²) in [6, 6.07) is 0.531. The van der Waals surface area contributed by atoms with Crippen molar-refractivity contribution in [3.05, 3.63) is 0 Å². The minimum atomic E-state index is -2.80. The first kappa shape index (κ1) is 15.3. The topological polar surface area (TPSA) is 63.4 Å². The van der Waals surface area contributed by atoms with Gasteiger partial charge in [-0.05, 0) is 38.1 Å². The van der Waals surface area contributed by atoms with E-state index in [0.29, 0.717) is 30.0 Å². The molecule has 19 heavy (non-hydrogen) atoms. The minimum absolute atomic E-state index is 0.179. The summed E-state index contributed by atoms with van der Waals surface area (Å²) >= 11 is 0. The molecule has 2 rings (SSSR count). The van der Waals surface area contributed by atoms with Gasteiger partial charge in [-0.1, -0.05) is 19.8 Å². The Morgan fingerprint density at radius 1 is 1.21 bits per heavy atom. The lowest BCUT2D eigenvalue weighted by Crippen LogP contribution is -2.49. The maximum atomic E-state index is 11.6. The molecule has 1 heterocycles. The second-order valence-electron chi connectivity index (χ2n) is 6.55. The van der Waals surface area contributed by atoms with Crippen LogP contribution in [0.3, 0.4) is 0 Å². The van der Waals surface area contributed by atoms with E-state index in [2.05, 4.69) is 18.9 Å². The third-order valence-electron chi connectivity index (χ3n) is 5.15. The van der Waals surface area contributed by atoms with Crippen LogP contribution < -0.4 is 5.73 Å². The van der Waals surface area contributed by atoms with Crippen molar-refractivity contribution >= 4 is 9.84 Å². The Hall–Kier alpha value is -0.130. The lowest BCUT2D eigenvalue weighted by molar-refractivity contribution is 0.106. The van der Waals surface area contributed by atoms with E-state index in [1.807, 2.05) is 0 Å². The maximum Gasteiger partial charge on any atom is 0.151 e. The molecule has 2 N–H and O–H groups in total. The predicted molar refractivity (Wildman–Crippen MR) is 78.8 cm³/mol. The lowest BCUT2D eigenvalue weighted by atomic mass is 9.78.